The molecule has 1 aliphatic rings. The number of amides is 1. The maximum atomic E-state index is 11.3. The molecule has 1 N–H and O–H groups in total. The first-order valence-electron chi connectivity index (χ1n) is 5.59. The average molecular weight is 219 g/mol. The Morgan fingerprint density at radius 1 is 1.56 bits per heavy atom. The molecule has 1 amide bonds. The van der Waals surface area contributed by atoms with E-state index >= 15 is 0 Å². The Bertz CT molecular complexity index is 392. The predicted octanol–water partition coefficient (Wildman–Crippen LogP) is 1.42. The Hall–Kier alpha value is -1.58. The van der Waals surface area contributed by atoms with Gasteiger partial charge < -0.3 is 10.2 Å². The molecule has 1 saturated heterocycles. The van der Waals surface area contributed by atoms with E-state index in [1.807, 2.05) is 26.1 Å². The lowest BCUT2D eigenvalue weighted by Gasteiger charge is -2.30. The first-order chi connectivity index (χ1) is 7.66. The van der Waals surface area contributed by atoms with E-state index < -0.39 is 0 Å². The van der Waals surface area contributed by atoms with Crippen LogP contribution in [-0.4, -0.2) is 35.4 Å². The minimum Gasteiger partial charge on any atom is -0.365 e. The molecular formula is C12H17N3O. The average Bonchev–Trinajstić information content (AvgIpc) is 2.27. The molecule has 1 unspecified atom stereocenters. The fourth-order valence-electron chi connectivity index (χ4n) is 1.96. The molecule has 86 valence electrons. The van der Waals surface area contributed by atoms with Gasteiger partial charge in [0.2, 0.25) is 5.91 Å². The van der Waals surface area contributed by atoms with Gasteiger partial charge in [0.05, 0.1) is 0 Å². The van der Waals surface area contributed by atoms with E-state index in [4.69, 9.17) is 0 Å². The summed E-state index contributed by atoms with van der Waals surface area (Å²) in [7, 11) is 1.85. The highest BCUT2D eigenvalue weighted by Gasteiger charge is 2.22. The Balaban J connectivity index is 2.01. The van der Waals surface area contributed by atoms with Crippen LogP contribution in [0.1, 0.15) is 18.4 Å². The number of nitrogens with one attached hydrogen (secondary N) is 1. The third kappa shape index (κ3) is 2.32. The molecule has 1 fully saturated rings. The third-order valence-electron chi connectivity index (χ3n) is 2.98. The number of pyridine rings is 1. The minimum atomic E-state index is 0.232. The van der Waals surface area contributed by atoms with Gasteiger partial charge in [0.1, 0.15) is 5.82 Å². The van der Waals surface area contributed by atoms with Crippen molar-refractivity contribution < 1.29 is 4.79 Å². The molecule has 4 heteroatoms. The van der Waals surface area contributed by atoms with Crippen LogP contribution < -0.4 is 5.32 Å². The smallest absolute Gasteiger partial charge is 0.222 e. The molecule has 0 spiro atoms. The lowest BCUT2D eigenvalue weighted by atomic mass is 10.1. The van der Waals surface area contributed by atoms with Gasteiger partial charge >= 0.3 is 0 Å². The number of hydrogen-bond acceptors (Lipinski definition) is 3. The van der Waals surface area contributed by atoms with E-state index in [-0.39, 0.29) is 5.91 Å². The zero-order valence-corrected chi connectivity index (χ0v) is 9.73. The zero-order chi connectivity index (χ0) is 11.5. The fraction of sp³-hybridized carbons (Fsp3) is 0.500. The molecule has 1 aromatic rings. The van der Waals surface area contributed by atoms with Crippen LogP contribution in [0.5, 0.6) is 0 Å². The molecule has 0 bridgehead atoms. The predicted molar refractivity (Wildman–Crippen MR) is 63.3 cm³/mol. The fourth-order valence-corrected chi connectivity index (χ4v) is 1.96. The second-order valence-corrected chi connectivity index (χ2v) is 4.32. The summed E-state index contributed by atoms with van der Waals surface area (Å²) in [5.41, 5.74) is 1.14. The molecule has 2 heterocycles. The van der Waals surface area contributed by atoms with Crippen molar-refractivity contribution in [3.8, 4) is 0 Å². The Morgan fingerprint density at radius 2 is 2.38 bits per heavy atom. The number of carbonyl (C=O) groups is 1. The zero-order valence-electron chi connectivity index (χ0n) is 9.73. The van der Waals surface area contributed by atoms with Crippen LogP contribution in [0.4, 0.5) is 5.82 Å². The highest BCUT2D eigenvalue weighted by molar-refractivity contribution is 5.77. The van der Waals surface area contributed by atoms with Gasteiger partial charge in [-0.05, 0) is 25.0 Å². The first kappa shape index (κ1) is 10.9. The molecular weight excluding hydrogens is 202 g/mol. The van der Waals surface area contributed by atoms with Crippen molar-refractivity contribution in [3.63, 3.8) is 0 Å². The van der Waals surface area contributed by atoms with E-state index in [0.717, 1.165) is 24.3 Å². The van der Waals surface area contributed by atoms with E-state index in [1.54, 1.807) is 11.1 Å². The number of aromatic nitrogens is 1. The minimum absolute atomic E-state index is 0.232. The summed E-state index contributed by atoms with van der Waals surface area (Å²) >= 11 is 0. The Kier molecular flexibility index (Phi) is 3.08. The molecule has 4 nitrogen and oxygen atoms in total. The molecule has 1 aliphatic heterocycles. The molecule has 16 heavy (non-hydrogen) atoms. The summed E-state index contributed by atoms with van der Waals surface area (Å²) in [5.74, 6) is 1.16. The molecule has 0 radical (unpaired) electrons. The van der Waals surface area contributed by atoms with Crippen molar-refractivity contribution in [2.75, 3.05) is 18.9 Å². The number of likely N-dealkylation sites (tertiary alicyclic amines) is 1. The van der Waals surface area contributed by atoms with E-state index in [1.165, 1.54) is 0 Å². The number of nitrogens with zero attached hydrogens (tertiary/aromatic N) is 2. The maximum Gasteiger partial charge on any atom is 0.222 e. The van der Waals surface area contributed by atoms with Gasteiger partial charge in [-0.3, -0.25) is 4.79 Å². The number of carbonyl (C=O) groups excluding carboxylic acids is 1. The van der Waals surface area contributed by atoms with Crippen molar-refractivity contribution in [2.24, 2.45) is 0 Å². The second-order valence-electron chi connectivity index (χ2n) is 4.32. The highest BCUT2D eigenvalue weighted by Crippen LogP contribution is 2.16. The van der Waals surface area contributed by atoms with Crippen LogP contribution in [0, 0.1) is 6.92 Å². The molecule has 0 aromatic carbocycles. The first-order valence-corrected chi connectivity index (χ1v) is 5.59. The van der Waals surface area contributed by atoms with Gasteiger partial charge in [-0.1, -0.05) is 6.07 Å². The number of piperidine rings is 1. The summed E-state index contributed by atoms with van der Waals surface area (Å²) in [6.45, 7) is 2.79. The van der Waals surface area contributed by atoms with Gasteiger partial charge in [-0.2, -0.15) is 0 Å². The van der Waals surface area contributed by atoms with Gasteiger partial charge in [0.15, 0.2) is 0 Å². The monoisotopic (exact) mass is 219 g/mol. The molecule has 0 aliphatic carbocycles. The van der Waals surface area contributed by atoms with E-state index in [9.17, 15) is 4.79 Å². The van der Waals surface area contributed by atoms with Gasteiger partial charge in [0, 0.05) is 32.3 Å². The van der Waals surface area contributed by atoms with Gasteiger partial charge in [-0.25, -0.2) is 4.98 Å². The molecule has 1 aromatic heterocycles. The summed E-state index contributed by atoms with van der Waals surface area (Å²) in [4.78, 5) is 17.4. The van der Waals surface area contributed by atoms with Crippen LogP contribution in [0.25, 0.3) is 0 Å². The summed E-state index contributed by atoms with van der Waals surface area (Å²) in [6.07, 6.45) is 3.30. The number of aryl methyl sites for hydroxylation is 1. The van der Waals surface area contributed by atoms with Crippen LogP contribution in [0.3, 0.4) is 0 Å². The normalized spacial score (nSPS) is 21.0. The summed E-state index contributed by atoms with van der Waals surface area (Å²) < 4.78 is 0. The second kappa shape index (κ2) is 4.51. The molecule has 0 saturated carbocycles. The van der Waals surface area contributed by atoms with E-state index in [0.29, 0.717) is 12.5 Å². The number of hydrogen-bond donors (Lipinski definition) is 1. The van der Waals surface area contributed by atoms with Crippen molar-refractivity contribution >= 4 is 11.7 Å². The SMILES string of the molecule is Cc1cccnc1NC1CCC(=O)N(C)C1. The van der Waals surface area contributed by atoms with Crippen molar-refractivity contribution in [3.05, 3.63) is 23.9 Å². The topological polar surface area (TPSA) is 45.2 Å². The van der Waals surface area contributed by atoms with Crippen LogP contribution in [0.15, 0.2) is 18.3 Å². The largest absolute Gasteiger partial charge is 0.365 e. The number of likely N-dealkylation sites (N-methyl/N-ethyl adjacent to an activating group) is 1. The number of rotatable bonds is 2. The third-order valence-corrected chi connectivity index (χ3v) is 2.98. The van der Waals surface area contributed by atoms with Crippen molar-refractivity contribution in [1.29, 1.82) is 0 Å². The highest BCUT2D eigenvalue weighted by atomic mass is 16.2. The molecule has 1 atom stereocenters. The van der Waals surface area contributed by atoms with Crippen molar-refractivity contribution in [2.45, 2.75) is 25.8 Å². The standard InChI is InChI=1S/C12H17N3O/c1-9-4-3-7-13-12(9)14-10-5-6-11(16)15(2)8-10/h3-4,7,10H,5-6,8H2,1-2H3,(H,13,14). The van der Waals surface area contributed by atoms with Gasteiger partial charge in [-0.15, -0.1) is 0 Å². The summed E-state index contributed by atoms with van der Waals surface area (Å²) in [5, 5.41) is 3.40. The summed E-state index contributed by atoms with van der Waals surface area (Å²) in [6, 6.07) is 4.28. The lowest BCUT2D eigenvalue weighted by molar-refractivity contribution is -0.132. The van der Waals surface area contributed by atoms with Crippen LogP contribution >= 0.6 is 0 Å². The quantitative estimate of drug-likeness (QED) is 0.818. The van der Waals surface area contributed by atoms with E-state index in [2.05, 4.69) is 10.3 Å². The van der Waals surface area contributed by atoms with Crippen LogP contribution in [0.2, 0.25) is 0 Å². The molecule has 2 rings (SSSR count). The van der Waals surface area contributed by atoms with Gasteiger partial charge in [0.25, 0.3) is 0 Å². The number of anilines is 1. The Morgan fingerprint density at radius 3 is 3.06 bits per heavy atom. The lowest BCUT2D eigenvalue weighted by Crippen LogP contribution is -2.43. The maximum absolute atomic E-state index is 11.3. The van der Waals surface area contributed by atoms with Crippen LogP contribution in [-0.2, 0) is 4.79 Å². The van der Waals surface area contributed by atoms with Crippen molar-refractivity contribution in [1.82, 2.24) is 9.88 Å². The Labute approximate surface area is 95.7 Å².